The van der Waals surface area contributed by atoms with Gasteiger partial charge in [0.1, 0.15) is 5.54 Å². The van der Waals surface area contributed by atoms with Crippen LogP contribution in [0.3, 0.4) is 0 Å². The molecular formula is C12H21NO6S. The molecular weight excluding hydrogens is 286 g/mol. The van der Waals surface area contributed by atoms with Gasteiger partial charge in [-0.05, 0) is 19.3 Å². The van der Waals surface area contributed by atoms with Crippen molar-refractivity contribution in [2.75, 3.05) is 19.4 Å². The molecule has 7 nitrogen and oxygen atoms in total. The predicted octanol–water partition coefficient (Wildman–Crippen LogP) is 0.599. The molecule has 1 aliphatic rings. The van der Waals surface area contributed by atoms with E-state index in [1.54, 1.807) is 0 Å². The minimum atomic E-state index is -3.79. The molecule has 1 unspecified atom stereocenters. The van der Waals surface area contributed by atoms with Gasteiger partial charge in [0.2, 0.25) is 10.0 Å². The number of carboxylic acids is 1. The molecule has 0 amide bonds. The number of esters is 1. The largest absolute Gasteiger partial charge is 0.480 e. The first-order valence-corrected chi connectivity index (χ1v) is 8.22. The smallest absolute Gasteiger partial charge is 0.325 e. The fourth-order valence-electron chi connectivity index (χ4n) is 2.67. The molecule has 8 heteroatoms. The molecule has 1 rings (SSSR count). The first-order chi connectivity index (χ1) is 9.30. The minimum absolute atomic E-state index is 0.190. The number of rotatable bonds is 7. The van der Waals surface area contributed by atoms with Crippen LogP contribution in [0.2, 0.25) is 0 Å². The number of carboxylic acid groups (broad SMARTS) is 1. The van der Waals surface area contributed by atoms with Gasteiger partial charge in [0.15, 0.2) is 0 Å². The topological polar surface area (TPSA) is 101 Å². The van der Waals surface area contributed by atoms with Crippen LogP contribution in [0.4, 0.5) is 0 Å². The summed E-state index contributed by atoms with van der Waals surface area (Å²) in [6, 6.07) is 0. The van der Waals surface area contributed by atoms with Crippen LogP contribution in [0.25, 0.3) is 0 Å². The summed E-state index contributed by atoms with van der Waals surface area (Å²) in [6.45, 7) is 2.01. The molecule has 1 atom stereocenters. The van der Waals surface area contributed by atoms with Crippen molar-refractivity contribution in [2.24, 2.45) is 0 Å². The molecule has 0 aliphatic carbocycles. The lowest BCUT2D eigenvalue weighted by Crippen LogP contribution is -2.53. The second kappa shape index (κ2) is 6.53. The molecule has 0 saturated carbocycles. The Kier molecular flexibility index (Phi) is 5.52. The van der Waals surface area contributed by atoms with Gasteiger partial charge in [0, 0.05) is 6.54 Å². The lowest BCUT2D eigenvalue weighted by Gasteiger charge is -2.33. The molecule has 1 aliphatic heterocycles. The molecule has 0 radical (unpaired) electrons. The van der Waals surface area contributed by atoms with E-state index >= 15 is 0 Å². The first-order valence-electron chi connectivity index (χ1n) is 6.61. The summed E-state index contributed by atoms with van der Waals surface area (Å²) < 4.78 is 30.1. The fourth-order valence-corrected chi connectivity index (χ4v) is 4.51. The molecule has 0 spiro atoms. The maximum Gasteiger partial charge on any atom is 0.325 e. The highest BCUT2D eigenvalue weighted by Crippen LogP contribution is 2.36. The van der Waals surface area contributed by atoms with Crippen LogP contribution in [0, 0.1) is 0 Å². The average molecular weight is 307 g/mol. The van der Waals surface area contributed by atoms with E-state index < -0.39 is 33.3 Å². The zero-order valence-corrected chi connectivity index (χ0v) is 12.6. The number of carbonyl (C=O) groups excluding carboxylic acids is 1. The third-order valence-corrected chi connectivity index (χ3v) is 5.54. The molecule has 0 aromatic carbocycles. The number of nitrogens with zero attached hydrogens (tertiary/aromatic N) is 1. The van der Waals surface area contributed by atoms with Gasteiger partial charge in [-0.2, -0.15) is 4.31 Å². The van der Waals surface area contributed by atoms with Gasteiger partial charge in [-0.15, -0.1) is 0 Å². The normalized spacial score (nSPS) is 23.7. The van der Waals surface area contributed by atoms with Gasteiger partial charge in [-0.1, -0.05) is 13.3 Å². The molecule has 0 aromatic heterocycles. The van der Waals surface area contributed by atoms with Crippen molar-refractivity contribution >= 4 is 22.0 Å². The van der Waals surface area contributed by atoms with Gasteiger partial charge in [0.25, 0.3) is 0 Å². The Hall–Kier alpha value is -1.15. The minimum Gasteiger partial charge on any atom is -0.480 e. The highest BCUT2D eigenvalue weighted by molar-refractivity contribution is 7.89. The summed E-state index contributed by atoms with van der Waals surface area (Å²) in [5.41, 5.74) is -1.36. The van der Waals surface area contributed by atoms with E-state index in [2.05, 4.69) is 4.74 Å². The van der Waals surface area contributed by atoms with Crippen LogP contribution in [0.1, 0.15) is 39.0 Å². The third kappa shape index (κ3) is 3.29. The van der Waals surface area contributed by atoms with Crippen LogP contribution in [-0.2, 0) is 24.3 Å². The molecule has 0 bridgehead atoms. The molecule has 116 valence electrons. The SMILES string of the molecule is CCCC1(C(=O)O)CCCN1S(=O)(=O)CCC(=O)OC. The number of carbonyl (C=O) groups is 2. The second-order valence-electron chi connectivity index (χ2n) is 4.90. The summed E-state index contributed by atoms with van der Waals surface area (Å²) in [4.78, 5) is 22.6. The van der Waals surface area contributed by atoms with Gasteiger partial charge >= 0.3 is 11.9 Å². The van der Waals surface area contributed by atoms with Gasteiger partial charge in [-0.3, -0.25) is 9.59 Å². The maximum absolute atomic E-state index is 12.3. The van der Waals surface area contributed by atoms with Crippen LogP contribution in [-0.4, -0.2) is 54.7 Å². The second-order valence-corrected chi connectivity index (χ2v) is 6.92. The Morgan fingerprint density at radius 3 is 2.55 bits per heavy atom. The third-order valence-electron chi connectivity index (χ3n) is 3.62. The van der Waals surface area contributed by atoms with E-state index in [9.17, 15) is 23.1 Å². The zero-order chi connectivity index (χ0) is 15.4. The Morgan fingerprint density at radius 2 is 2.05 bits per heavy atom. The van der Waals surface area contributed by atoms with Crippen molar-refractivity contribution in [3.05, 3.63) is 0 Å². The van der Waals surface area contributed by atoms with E-state index in [0.717, 1.165) is 4.31 Å². The van der Waals surface area contributed by atoms with Crippen molar-refractivity contribution in [1.82, 2.24) is 4.31 Å². The van der Waals surface area contributed by atoms with Crippen LogP contribution >= 0.6 is 0 Å². The standard InChI is InChI=1S/C12H21NO6S/c1-3-6-12(11(15)16)7-4-8-13(12)20(17,18)9-5-10(14)19-2/h3-9H2,1-2H3,(H,15,16). The van der Waals surface area contributed by atoms with Crippen molar-refractivity contribution in [3.8, 4) is 0 Å². The number of methoxy groups -OCH3 is 1. The van der Waals surface area contributed by atoms with Gasteiger partial charge < -0.3 is 9.84 Å². The summed E-state index contributed by atoms with van der Waals surface area (Å²) in [6.07, 6.45) is 1.42. The summed E-state index contributed by atoms with van der Waals surface area (Å²) in [7, 11) is -2.60. The monoisotopic (exact) mass is 307 g/mol. The lowest BCUT2D eigenvalue weighted by molar-refractivity contribution is -0.147. The Balaban J connectivity index is 2.96. The van der Waals surface area contributed by atoms with Crippen molar-refractivity contribution < 1.29 is 27.9 Å². The fraction of sp³-hybridized carbons (Fsp3) is 0.833. The molecule has 1 saturated heterocycles. The lowest BCUT2D eigenvalue weighted by atomic mass is 9.92. The quantitative estimate of drug-likeness (QED) is 0.691. The molecule has 1 N–H and O–H groups in total. The van der Waals surface area contributed by atoms with Gasteiger partial charge in [-0.25, -0.2) is 8.42 Å². The first kappa shape index (κ1) is 16.9. The Bertz CT molecular complexity index is 474. The van der Waals surface area contributed by atoms with E-state index in [-0.39, 0.29) is 19.4 Å². The summed E-state index contributed by atoms with van der Waals surface area (Å²) >= 11 is 0. The van der Waals surface area contributed by atoms with E-state index in [1.807, 2.05) is 6.92 Å². The van der Waals surface area contributed by atoms with Crippen molar-refractivity contribution in [3.63, 3.8) is 0 Å². The van der Waals surface area contributed by atoms with Crippen molar-refractivity contribution in [1.29, 1.82) is 0 Å². The zero-order valence-electron chi connectivity index (χ0n) is 11.8. The predicted molar refractivity (Wildman–Crippen MR) is 71.6 cm³/mol. The van der Waals surface area contributed by atoms with Gasteiger partial charge in [0.05, 0.1) is 19.3 Å². The van der Waals surface area contributed by atoms with Crippen LogP contribution in [0.5, 0.6) is 0 Å². The number of hydrogen-bond acceptors (Lipinski definition) is 5. The Labute approximate surface area is 118 Å². The maximum atomic E-state index is 12.3. The number of sulfonamides is 1. The van der Waals surface area contributed by atoms with E-state index in [4.69, 9.17) is 0 Å². The van der Waals surface area contributed by atoms with E-state index in [0.29, 0.717) is 19.3 Å². The average Bonchev–Trinajstić information content (AvgIpc) is 2.82. The number of hydrogen-bond donors (Lipinski definition) is 1. The summed E-state index contributed by atoms with van der Waals surface area (Å²) in [5.74, 6) is -2.15. The molecule has 1 fully saturated rings. The molecule has 1 heterocycles. The Morgan fingerprint density at radius 1 is 1.40 bits per heavy atom. The van der Waals surface area contributed by atoms with Crippen LogP contribution in [0.15, 0.2) is 0 Å². The van der Waals surface area contributed by atoms with Crippen LogP contribution < -0.4 is 0 Å². The highest BCUT2D eigenvalue weighted by atomic mass is 32.2. The number of ether oxygens (including phenoxy) is 1. The summed E-state index contributed by atoms with van der Waals surface area (Å²) in [5, 5.41) is 9.45. The number of aliphatic carboxylic acids is 1. The molecule has 20 heavy (non-hydrogen) atoms. The van der Waals surface area contributed by atoms with E-state index in [1.165, 1.54) is 7.11 Å². The molecule has 0 aromatic rings. The van der Waals surface area contributed by atoms with Crippen molar-refractivity contribution in [2.45, 2.75) is 44.6 Å². The highest BCUT2D eigenvalue weighted by Gasteiger charge is 2.51.